The van der Waals surface area contributed by atoms with E-state index in [0.717, 1.165) is 5.69 Å². The minimum absolute atomic E-state index is 0.437. The first-order valence-electron chi connectivity index (χ1n) is 3.55. The van der Waals surface area contributed by atoms with Crippen molar-refractivity contribution in [3.8, 4) is 11.1 Å². The molecule has 6 heteroatoms. The molecule has 0 saturated carbocycles. The molecular formula is C7H6ClN3OS. The van der Waals surface area contributed by atoms with Gasteiger partial charge in [0.05, 0.1) is 0 Å². The van der Waals surface area contributed by atoms with Crippen molar-refractivity contribution in [1.29, 1.82) is 0 Å². The number of aryl methyl sites for hydroxylation is 1. The SMILES string of the molecule is Cc1cc(Oc2nc(Cl)cs2)n[nH]1. The Morgan fingerprint density at radius 2 is 2.46 bits per heavy atom. The monoisotopic (exact) mass is 215 g/mol. The predicted octanol–water partition coefficient (Wildman–Crippen LogP) is 2.62. The highest BCUT2D eigenvalue weighted by molar-refractivity contribution is 7.11. The molecule has 0 spiro atoms. The minimum atomic E-state index is 0.437. The largest absolute Gasteiger partial charge is 0.410 e. The van der Waals surface area contributed by atoms with Crippen molar-refractivity contribution in [2.75, 3.05) is 0 Å². The molecule has 13 heavy (non-hydrogen) atoms. The number of aromatic amines is 1. The van der Waals surface area contributed by atoms with Crippen molar-refractivity contribution < 1.29 is 4.74 Å². The fourth-order valence-electron chi connectivity index (χ4n) is 0.821. The molecule has 0 fully saturated rings. The normalized spacial score (nSPS) is 10.3. The fraction of sp³-hybridized carbons (Fsp3) is 0.143. The van der Waals surface area contributed by atoms with E-state index in [1.54, 1.807) is 11.4 Å². The average Bonchev–Trinajstić information content (AvgIpc) is 2.62. The number of hydrogen-bond donors (Lipinski definition) is 1. The number of H-pyrrole nitrogens is 1. The van der Waals surface area contributed by atoms with Gasteiger partial charge in [-0.25, -0.2) is 0 Å². The third-order valence-corrected chi connectivity index (χ3v) is 2.37. The summed E-state index contributed by atoms with van der Waals surface area (Å²) in [6.07, 6.45) is 0. The Kier molecular flexibility index (Phi) is 2.20. The Morgan fingerprint density at radius 1 is 1.62 bits per heavy atom. The quantitative estimate of drug-likeness (QED) is 0.838. The number of hydrogen-bond acceptors (Lipinski definition) is 4. The highest BCUT2D eigenvalue weighted by Crippen LogP contribution is 2.25. The van der Waals surface area contributed by atoms with E-state index in [2.05, 4.69) is 15.2 Å². The zero-order chi connectivity index (χ0) is 9.26. The van der Waals surface area contributed by atoms with E-state index < -0.39 is 0 Å². The van der Waals surface area contributed by atoms with Gasteiger partial charge in [-0.3, -0.25) is 5.10 Å². The second-order valence-electron chi connectivity index (χ2n) is 2.43. The summed E-state index contributed by atoms with van der Waals surface area (Å²) in [5.41, 5.74) is 0.942. The maximum Gasteiger partial charge on any atom is 0.281 e. The van der Waals surface area contributed by atoms with Crippen LogP contribution in [-0.2, 0) is 0 Å². The summed E-state index contributed by atoms with van der Waals surface area (Å²) < 4.78 is 5.30. The third-order valence-electron chi connectivity index (χ3n) is 1.33. The molecule has 0 radical (unpaired) electrons. The Balaban J connectivity index is 2.14. The second kappa shape index (κ2) is 3.35. The maximum atomic E-state index is 5.62. The van der Waals surface area contributed by atoms with Crippen molar-refractivity contribution in [3.05, 3.63) is 22.3 Å². The van der Waals surface area contributed by atoms with E-state index in [9.17, 15) is 0 Å². The Labute approximate surface area is 83.5 Å². The van der Waals surface area contributed by atoms with Crippen molar-refractivity contribution in [2.45, 2.75) is 6.92 Å². The number of thiazole rings is 1. The summed E-state index contributed by atoms with van der Waals surface area (Å²) in [6.45, 7) is 1.90. The lowest BCUT2D eigenvalue weighted by Crippen LogP contribution is -1.82. The van der Waals surface area contributed by atoms with Crippen LogP contribution in [0.3, 0.4) is 0 Å². The molecule has 0 atom stereocenters. The number of ether oxygens (including phenoxy) is 1. The molecule has 0 aliphatic rings. The number of aromatic nitrogens is 3. The lowest BCUT2D eigenvalue weighted by molar-refractivity contribution is 0.458. The summed E-state index contributed by atoms with van der Waals surface area (Å²) in [4.78, 5) is 3.92. The molecule has 1 N–H and O–H groups in total. The highest BCUT2D eigenvalue weighted by Gasteiger charge is 2.04. The maximum absolute atomic E-state index is 5.62. The van der Waals surface area contributed by atoms with E-state index in [1.165, 1.54) is 11.3 Å². The van der Waals surface area contributed by atoms with Gasteiger partial charge in [0.1, 0.15) is 5.15 Å². The minimum Gasteiger partial charge on any atom is -0.410 e. The standard InChI is InChI=1S/C7H6ClN3OS/c1-4-2-6(11-10-4)12-7-9-5(8)3-13-7/h2-3H,1H3,(H,10,11). The summed E-state index contributed by atoms with van der Waals surface area (Å²) >= 11 is 6.96. The van der Waals surface area contributed by atoms with Crippen LogP contribution in [0.5, 0.6) is 11.1 Å². The molecule has 2 aromatic rings. The van der Waals surface area contributed by atoms with Crippen LogP contribution in [0.2, 0.25) is 5.15 Å². The van der Waals surface area contributed by atoms with Gasteiger partial charge in [0.2, 0.25) is 5.88 Å². The van der Waals surface area contributed by atoms with Gasteiger partial charge < -0.3 is 4.74 Å². The van der Waals surface area contributed by atoms with Gasteiger partial charge in [-0.15, -0.1) is 5.10 Å². The summed E-state index contributed by atoms with van der Waals surface area (Å²) in [7, 11) is 0. The molecule has 2 heterocycles. The van der Waals surface area contributed by atoms with Crippen LogP contribution >= 0.6 is 22.9 Å². The van der Waals surface area contributed by atoms with Gasteiger partial charge in [-0.2, -0.15) is 4.98 Å². The van der Waals surface area contributed by atoms with Crippen LogP contribution in [-0.4, -0.2) is 15.2 Å². The first-order chi connectivity index (χ1) is 6.24. The number of halogens is 1. The molecule has 0 bridgehead atoms. The molecule has 0 saturated heterocycles. The lowest BCUT2D eigenvalue weighted by atomic mass is 10.5. The third kappa shape index (κ3) is 1.99. The van der Waals surface area contributed by atoms with Gasteiger partial charge in [0.15, 0.2) is 0 Å². The van der Waals surface area contributed by atoms with Gasteiger partial charge in [-0.1, -0.05) is 22.9 Å². The van der Waals surface area contributed by atoms with Crippen LogP contribution in [0.4, 0.5) is 0 Å². The molecule has 0 amide bonds. The molecule has 0 aliphatic carbocycles. The molecule has 68 valence electrons. The van der Waals surface area contributed by atoms with Crippen LogP contribution in [0.1, 0.15) is 5.69 Å². The van der Waals surface area contributed by atoms with Gasteiger partial charge in [0.25, 0.3) is 5.19 Å². The molecule has 0 unspecified atom stereocenters. The highest BCUT2D eigenvalue weighted by atomic mass is 35.5. The fourth-order valence-corrected chi connectivity index (χ4v) is 1.62. The zero-order valence-electron chi connectivity index (χ0n) is 6.74. The number of nitrogens with one attached hydrogen (secondary N) is 1. The van der Waals surface area contributed by atoms with Crippen molar-refractivity contribution in [2.24, 2.45) is 0 Å². The lowest BCUT2D eigenvalue weighted by Gasteiger charge is -1.92. The van der Waals surface area contributed by atoms with Crippen molar-refractivity contribution >= 4 is 22.9 Å². The first-order valence-corrected chi connectivity index (χ1v) is 4.81. The van der Waals surface area contributed by atoms with Gasteiger partial charge in [0, 0.05) is 17.1 Å². The van der Waals surface area contributed by atoms with E-state index in [4.69, 9.17) is 16.3 Å². The summed E-state index contributed by atoms with van der Waals surface area (Å²) in [5.74, 6) is 0.503. The molecule has 4 nitrogen and oxygen atoms in total. The topological polar surface area (TPSA) is 50.8 Å². The van der Waals surface area contributed by atoms with Crippen LogP contribution in [0, 0.1) is 6.92 Å². The first kappa shape index (κ1) is 8.52. The van der Waals surface area contributed by atoms with Crippen LogP contribution in [0.25, 0.3) is 0 Å². The Morgan fingerprint density at radius 3 is 3.00 bits per heavy atom. The van der Waals surface area contributed by atoms with E-state index in [1.807, 2.05) is 6.92 Å². The van der Waals surface area contributed by atoms with E-state index >= 15 is 0 Å². The number of nitrogens with zero attached hydrogens (tertiary/aromatic N) is 2. The van der Waals surface area contributed by atoms with E-state index in [-0.39, 0.29) is 0 Å². The second-order valence-corrected chi connectivity index (χ2v) is 3.64. The zero-order valence-corrected chi connectivity index (χ0v) is 8.32. The molecule has 2 aromatic heterocycles. The van der Waals surface area contributed by atoms with Crippen molar-refractivity contribution in [3.63, 3.8) is 0 Å². The molecule has 2 rings (SSSR count). The smallest absolute Gasteiger partial charge is 0.281 e. The average molecular weight is 216 g/mol. The molecule has 0 aromatic carbocycles. The summed E-state index contributed by atoms with van der Waals surface area (Å²) in [6, 6.07) is 1.79. The van der Waals surface area contributed by atoms with Gasteiger partial charge in [-0.05, 0) is 6.92 Å². The molecular weight excluding hydrogens is 210 g/mol. The predicted molar refractivity (Wildman–Crippen MR) is 50.5 cm³/mol. The molecule has 0 aliphatic heterocycles. The Hall–Kier alpha value is -1.07. The summed E-state index contributed by atoms with van der Waals surface area (Å²) in [5, 5.41) is 9.30. The Bertz CT molecular complexity index is 373. The van der Waals surface area contributed by atoms with Crippen LogP contribution < -0.4 is 4.74 Å². The van der Waals surface area contributed by atoms with Crippen molar-refractivity contribution in [1.82, 2.24) is 15.2 Å². The van der Waals surface area contributed by atoms with Gasteiger partial charge >= 0.3 is 0 Å². The van der Waals surface area contributed by atoms with Crippen LogP contribution in [0.15, 0.2) is 11.4 Å². The van der Waals surface area contributed by atoms with E-state index in [0.29, 0.717) is 16.2 Å². The number of rotatable bonds is 2.